The minimum atomic E-state index is -0.385. The number of thiazole rings is 1. The summed E-state index contributed by atoms with van der Waals surface area (Å²) in [6, 6.07) is 4.82. The van der Waals surface area contributed by atoms with Gasteiger partial charge in [-0.05, 0) is 19.1 Å². The number of rotatable bonds is 3. The lowest BCUT2D eigenvalue weighted by atomic mass is 10.2. The Kier molecular flexibility index (Phi) is 3.28. The van der Waals surface area contributed by atoms with Crippen LogP contribution in [-0.2, 0) is 6.54 Å². The van der Waals surface area contributed by atoms with Gasteiger partial charge in [-0.25, -0.2) is 9.37 Å². The molecule has 1 aromatic heterocycles. The van der Waals surface area contributed by atoms with E-state index in [1.807, 2.05) is 24.3 Å². The molecule has 0 spiro atoms. The van der Waals surface area contributed by atoms with Crippen molar-refractivity contribution in [2.75, 3.05) is 17.7 Å². The van der Waals surface area contributed by atoms with Gasteiger partial charge in [0.05, 0.1) is 28.6 Å². The molecule has 1 heterocycles. The maximum Gasteiger partial charge on any atom is 0.148 e. The minimum Gasteiger partial charge on any atom is -0.395 e. The van der Waals surface area contributed by atoms with Gasteiger partial charge in [-0.3, -0.25) is 0 Å². The van der Waals surface area contributed by atoms with Crippen LogP contribution in [0, 0.1) is 12.7 Å². The van der Waals surface area contributed by atoms with Gasteiger partial charge < -0.3 is 10.6 Å². The number of hydrogen-bond acceptors (Lipinski definition) is 4. The lowest BCUT2D eigenvalue weighted by molar-refractivity contribution is 0.632. The third-order valence-electron chi connectivity index (χ3n) is 2.51. The highest BCUT2D eigenvalue weighted by molar-refractivity contribution is 7.09. The topological polar surface area (TPSA) is 42.2 Å². The summed E-state index contributed by atoms with van der Waals surface area (Å²) in [6.07, 6.45) is 0. The number of anilines is 2. The third kappa shape index (κ3) is 2.55. The maximum absolute atomic E-state index is 13.3. The molecular weight excluding hydrogens is 237 g/mol. The molecule has 3 nitrogen and oxygen atoms in total. The SMILES string of the molecule is Cc1nc(CN(C)c2cccc(F)c2N)cs1. The van der Waals surface area contributed by atoms with E-state index >= 15 is 0 Å². The Balaban J connectivity index is 2.20. The number of hydrogen-bond donors (Lipinski definition) is 1. The van der Waals surface area contributed by atoms with Crippen LogP contribution in [0.1, 0.15) is 10.7 Å². The number of halogens is 1. The molecule has 0 saturated carbocycles. The quantitative estimate of drug-likeness (QED) is 0.853. The van der Waals surface area contributed by atoms with Crippen LogP contribution in [0.4, 0.5) is 15.8 Å². The summed E-state index contributed by atoms with van der Waals surface area (Å²) >= 11 is 1.61. The smallest absolute Gasteiger partial charge is 0.148 e. The second-order valence-electron chi connectivity index (χ2n) is 3.89. The normalized spacial score (nSPS) is 10.5. The fraction of sp³-hybridized carbons (Fsp3) is 0.250. The van der Waals surface area contributed by atoms with Gasteiger partial charge in [0.2, 0.25) is 0 Å². The van der Waals surface area contributed by atoms with Crippen molar-refractivity contribution in [3.05, 3.63) is 40.1 Å². The number of aryl methyl sites for hydroxylation is 1. The second kappa shape index (κ2) is 4.71. The van der Waals surface area contributed by atoms with E-state index in [4.69, 9.17) is 5.73 Å². The van der Waals surface area contributed by atoms with Crippen LogP contribution in [0.5, 0.6) is 0 Å². The van der Waals surface area contributed by atoms with E-state index in [-0.39, 0.29) is 11.5 Å². The van der Waals surface area contributed by atoms with Crippen LogP contribution in [0.3, 0.4) is 0 Å². The van der Waals surface area contributed by atoms with Crippen molar-refractivity contribution >= 4 is 22.7 Å². The van der Waals surface area contributed by atoms with E-state index in [1.165, 1.54) is 6.07 Å². The highest BCUT2D eigenvalue weighted by Gasteiger charge is 2.10. The molecule has 2 aromatic rings. The molecule has 0 fully saturated rings. The van der Waals surface area contributed by atoms with Crippen LogP contribution in [0.15, 0.2) is 23.6 Å². The average molecular weight is 251 g/mol. The van der Waals surface area contributed by atoms with Crippen LogP contribution < -0.4 is 10.6 Å². The van der Waals surface area contributed by atoms with Gasteiger partial charge in [0, 0.05) is 12.4 Å². The number of benzene rings is 1. The van der Waals surface area contributed by atoms with Crippen molar-refractivity contribution in [1.82, 2.24) is 4.98 Å². The monoisotopic (exact) mass is 251 g/mol. The highest BCUT2D eigenvalue weighted by atomic mass is 32.1. The number of nitrogens with zero attached hydrogens (tertiary/aromatic N) is 2. The number of aromatic nitrogens is 1. The zero-order valence-electron chi connectivity index (χ0n) is 9.77. The largest absolute Gasteiger partial charge is 0.395 e. The van der Waals surface area contributed by atoms with Crippen LogP contribution >= 0.6 is 11.3 Å². The van der Waals surface area contributed by atoms with Crippen molar-refractivity contribution < 1.29 is 4.39 Å². The summed E-state index contributed by atoms with van der Waals surface area (Å²) in [4.78, 5) is 6.27. The van der Waals surface area contributed by atoms with Gasteiger partial charge in [0.25, 0.3) is 0 Å². The van der Waals surface area contributed by atoms with Crippen molar-refractivity contribution in [2.24, 2.45) is 0 Å². The lowest BCUT2D eigenvalue weighted by Gasteiger charge is -2.20. The predicted octanol–water partition coefficient (Wildman–Crippen LogP) is 2.81. The van der Waals surface area contributed by atoms with Crippen molar-refractivity contribution in [3.63, 3.8) is 0 Å². The van der Waals surface area contributed by atoms with Crippen molar-refractivity contribution in [2.45, 2.75) is 13.5 Å². The Morgan fingerprint density at radius 3 is 2.88 bits per heavy atom. The summed E-state index contributed by atoms with van der Waals surface area (Å²) in [6.45, 7) is 2.59. The Morgan fingerprint density at radius 2 is 2.24 bits per heavy atom. The van der Waals surface area contributed by atoms with Crippen LogP contribution in [0.2, 0.25) is 0 Å². The van der Waals surface area contributed by atoms with Crippen molar-refractivity contribution in [3.8, 4) is 0 Å². The Bertz CT molecular complexity index is 524. The highest BCUT2D eigenvalue weighted by Crippen LogP contribution is 2.25. The zero-order valence-corrected chi connectivity index (χ0v) is 10.6. The average Bonchev–Trinajstić information content (AvgIpc) is 2.68. The molecule has 90 valence electrons. The molecule has 2 rings (SSSR count). The Hall–Kier alpha value is -1.62. The molecule has 0 radical (unpaired) electrons. The van der Waals surface area contributed by atoms with Gasteiger partial charge in [-0.15, -0.1) is 11.3 Å². The molecule has 0 aliphatic rings. The summed E-state index contributed by atoms with van der Waals surface area (Å²) in [5.74, 6) is -0.385. The molecular formula is C12H14FN3S. The molecule has 5 heteroatoms. The minimum absolute atomic E-state index is 0.182. The fourth-order valence-electron chi connectivity index (χ4n) is 1.67. The molecule has 1 aromatic carbocycles. The van der Waals surface area contributed by atoms with Gasteiger partial charge in [-0.1, -0.05) is 6.07 Å². The third-order valence-corrected chi connectivity index (χ3v) is 3.33. The Morgan fingerprint density at radius 1 is 1.47 bits per heavy atom. The molecule has 0 atom stereocenters. The standard InChI is InChI=1S/C12H14FN3S/c1-8-15-9(7-17-8)6-16(2)11-5-3-4-10(13)12(11)14/h3-5,7H,6,14H2,1-2H3. The number of nitrogens with two attached hydrogens (primary N) is 1. The van der Waals surface area contributed by atoms with Crippen LogP contribution in [-0.4, -0.2) is 12.0 Å². The lowest BCUT2D eigenvalue weighted by Crippen LogP contribution is -2.18. The molecule has 17 heavy (non-hydrogen) atoms. The molecule has 2 N–H and O–H groups in total. The van der Waals surface area contributed by atoms with Crippen molar-refractivity contribution in [1.29, 1.82) is 0 Å². The van der Waals surface area contributed by atoms with E-state index in [0.717, 1.165) is 10.7 Å². The van der Waals surface area contributed by atoms with Gasteiger partial charge in [-0.2, -0.15) is 0 Å². The fourth-order valence-corrected chi connectivity index (χ4v) is 2.27. The molecule has 0 aliphatic heterocycles. The summed E-state index contributed by atoms with van der Waals surface area (Å²) < 4.78 is 13.3. The van der Waals surface area contributed by atoms with E-state index in [9.17, 15) is 4.39 Å². The molecule has 0 unspecified atom stereocenters. The first-order valence-corrected chi connectivity index (χ1v) is 6.12. The van der Waals surface area contributed by atoms with Gasteiger partial charge in [0.15, 0.2) is 0 Å². The molecule has 0 aliphatic carbocycles. The second-order valence-corrected chi connectivity index (χ2v) is 4.95. The summed E-state index contributed by atoms with van der Waals surface area (Å²) in [5.41, 5.74) is 7.55. The number of nitrogen functional groups attached to an aromatic ring is 1. The molecule has 0 saturated heterocycles. The first-order valence-electron chi connectivity index (χ1n) is 5.24. The molecule has 0 bridgehead atoms. The first kappa shape index (κ1) is 11.9. The Labute approximate surface area is 104 Å². The van der Waals surface area contributed by atoms with Gasteiger partial charge >= 0.3 is 0 Å². The van der Waals surface area contributed by atoms with E-state index in [1.54, 1.807) is 23.5 Å². The maximum atomic E-state index is 13.3. The van der Waals surface area contributed by atoms with Gasteiger partial charge in [0.1, 0.15) is 5.82 Å². The van der Waals surface area contributed by atoms with Crippen LogP contribution in [0.25, 0.3) is 0 Å². The summed E-state index contributed by atoms with van der Waals surface area (Å²) in [7, 11) is 1.87. The zero-order chi connectivity index (χ0) is 12.4. The predicted molar refractivity (Wildman–Crippen MR) is 69.8 cm³/mol. The van der Waals surface area contributed by atoms with E-state index in [2.05, 4.69) is 4.98 Å². The first-order chi connectivity index (χ1) is 8.08. The number of para-hydroxylation sites is 1. The summed E-state index contributed by atoms with van der Waals surface area (Å²) in [5, 5.41) is 3.03. The van der Waals surface area contributed by atoms with E-state index in [0.29, 0.717) is 12.2 Å². The molecule has 0 amide bonds. The van der Waals surface area contributed by atoms with E-state index < -0.39 is 0 Å².